The molecule has 5 spiro atoms. The molecule has 29 aliphatic rings. The van der Waals surface area contributed by atoms with Gasteiger partial charge in [0.15, 0.2) is 75.0 Å². The molecular weight excluding hydrogens is 1810 g/mol. The van der Waals surface area contributed by atoms with Crippen molar-refractivity contribution in [1.82, 2.24) is 0 Å². The van der Waals surface area contributed by atoms with Gasteiger partial charge in [0.1, 0.15) is 24.5 Å². The zero-order valence-corrected chi connectivity index (χ0v) is 88.4. The number of aliphatic hydroxyl groups is 7. The first kappa shape index (κ1) is 101. The molecule has 19 saturated carbocycles. The zero-order valence-electron chi connectivity index (χ0n) is 88.4. The van der Waals surface area contributed by atoms with Crippen LogP contribution in [0.15, 0.2) is 34.9 Å². The first-order valence-corrected chi connectivity index (χ1v) is 58.1. The van der Waals surface area contributed by atoms with Crippen LogP contribution < -0.4 is 0 Å². The Bertz CT molecular complexity index is 4990. The molecule has 1 unspecified atom stereocenters. The van der Waals surface area contributed by atoms with Gasteiger partial charge in [0.2, 0.25) is 0 Å². The van der Waals surface area contributed by atoms with Gasteiger partial charge in [0.25, 0.3) is 0 Å². The van der Waals surface area contributed by atoms with Crippen molar-refractivity contribution in [3.8, 4) is 0 Å². The Kier molecular flexibility index (Phi) is 25.1. The third-order valence-corrected chi connectivity index (χ3v) is 52.2. The molecule has 143 heavy (non-hydrogen) atoms. The summed E-state index contributed by atoms with van der Waals surface area (Å²) in [6, 6.07) is 0. The quantitative estimate of drug-likeness (QED) is 0.0781. The molecule has 24 nitrogen and oxygen atoms in total. The maximum absolute atomic E-state index is 13.1. The lowest BCUT2D eigenvalue weighted by atomic mass is 9.43. The largest absolute Gasteiger partial charge is 0.462 e. The number of allylic oxidation sites excluding steroid dienone is 3. The van der Waals surface area contributed by atoms with E-state index in [9.17, 15) is 59.7 Å². The summed E-state index contributed by atoms with van der Waals surface area (Å²) in [7, 11) is 0. The molecule has 22 aliphatic carbocycles. The van der Waals surface area contributed by atoms with Gasteiger partial charge in [-0.15, -0.1) is 0 Å². The van der Waals surface area contributed by atoms with Crippen molar-refractivity contribution in [2.75, 3.05) is 34.0 Å². The molecule has 0 aromatic carbocycles. The fourth-order valence-corrected chi connectivity index (χ4v) is 43.3. The molecule has 7 heterocycles. The predicted octanol–water partition coefficient (Wildman–Crippen LogP) is 19.0. The highest BCUT2D eigenvalue weighted by atomic mass is 16.9. The van der Waals surface area contributed by atoms with Gasteiger partial charge in [-0.3, -0.25) is 14.4 Å². The summed E-state index contributed by atoms with van der Waals surface area (Å²) < 4.78 is 70.7. The van der Waals surface area contributed by atoms with E-state index in [1.54, 1.807) is 5.57 Å². The molecule has 7 saturated heterocycles. The number of fused-ring (bicyclic) bond motifs is 31. The van der Waals surface area contributed by atoms with E-state index in [1.165, 1.54) is 62.2 Å². The molecule has 4 bridgehead atoms. The third-order valence-electron chi connectivity index (χ3n) is 52.2. The molecule has 0 aromatic rings. The van der Waals surface area contributed by atoms with Crippen molar-refractivity contribution in [3.63, 3.8) is 0 Å². The van der Waals surface area contributed by atoms with E-state index < -0.39 is 41.6 Å². The molecule has 29 rings (SSSR count). The summed E-state index contributed by atoms with van der Waals surface area (Å²) in [5, 5.41) is 72.8. The van der Waals surface area contributed by atoms with Crippen LogP contribution >= 0.6 is 0 Å². The van der Waals surface area contributed by atoms with Crippen molar-refractivity contribution in [2.24, 2.45) is 189 Å². The maximum Gasteiger partial charge on any atom is 0.309 e. The van der Waals surface area contributed by atoms with E-state index in [-0.39, 0.29) is 156 Å². The van der Waals surface area contributed by atoms with E-state index in [0.29, 0.717) is 117 Å². The molecule has 26 fully saturated rings. The monoisotopic (exact) mass is 1990 g/mol. The van der Waals surface area contributed by atoms with E-state index in [0.717, 1.165) is 255 Å². The standard InChI is InChI=1S/C20H30O5.C20H28O5.C20H32O5.C20H28O4.C20H30O3.C19H28O2/c2*1-18(6-3-12-9-16(18)17(22)25-12)14-4-7-19(2)15(13(14)10-21)5-8-20(19)23-11-24-20;1-18-6-3-11(21)9-14(18)16(22)17(23)15-12(18)4-7-19(2)13(15)5-8-20(19)24-10-25-20;1-18-6-3-13(21)9-12(18)10-16(22)17-14(18)4-7-19(2)15(17)5-8-20(19)23-11-24-20;1-18-8-5-14(21)11-13(18)3-4-15-16(18)6-9-19(2)17(15)7-10-20(19)22-12-23-20;1-18-9-7-13(20)11-12(18)3-4-14-15-5-6-17(21)19(15,2)10-8-16(14)18/h10,12-17,22H,3-9,11H2,1-2H3;10,12-16H,3-9,11H2,1-2H3;11-17,21-23H,3-10H2,1-2H3;10,13-15,17,21H,3-9,11H2,1-2H3;3,14-17,21H,4-12H2,1-2H3;3,13-16,20H,4-11H2,1-2H3/t12-,13+,14-,15-,16+,17?,18+,19-;12-,13+,14-,15-,16+,18+,19-;11-,12-,13-,14+,15+,16+,17+,18+,19-;13-,14-,15-,17+,18-,19-;14-,15+,16-,17-,18-,19-;13-,14-,15-,16-,18-,19-/m000000/s1. The highest BCUT2D eigenvalue weighted by Gasteiger charge is 2.77. The van der Waals surface area contributed by atoms with Crippen LogP contribution in [-0.4, -0.2) is 184 Å². The Morgan fingerprint density at radius 3 is 1.20 bits per heavy atom. The number of ketones is 2. The van der Waals surface area contributed by atoms with Crippen LogP contribution in [0.1, 0.15) is 366 Å². The summed E-state index contributed by atoms with van der Waals surface area (Å²) in [5.74, 6) is 6.24. The van der Waals surface area contributed by atoms with Crippen LogP contribution in [0, 0.1) is 189 Å². The normalized spacial score (nSPS) is 54.7. The number of hydrogen-bond acceptors (Lipinski definition) is 24. The smallest absolute Gasteiger partial charge is 0.309 e. The summed E-state index contributed by atoms with van der Waals surface area (Å²) in [6.45, 7) is 30.0. The average Bonchev–Trinajstić information content (AvgIpc) is 1.58. The lowest BCUT2D eigenvalue weighted by molar-refractivity contribution is -0.438. The summed E-state index contributed by atoms with van der Waals surface area (Å²) in [4.78, 5) is 62.4. The van der Waals surface area contributed by atoms with E-state index in [4.69, 9.17) is 56.8 Å². The van der Waals surface area contributed by atoms with E-state index in [1.807, 2.05) is 6.08 Å². The van der Waals surface area contributed by atoms with Crippen molar-refractivity contribution in [3.05, 3.63) is 34.9 Å². The predicted molar refractivity (Wildman–Crippen MR) is 526 cm³/mol. The number of esters is 1. The molecular formula is C119H176O24. The lowest BCUT2D eigenvalue weighted by Crippen LogP contribution is -2.66. The number of aldehydes is 2. The van der Waals surface area contributed by atoms with Gasteiger partial charge < -0.3 is 102 Å². The fourth-order valence-electron chi connectivity index (χ4n) is 43.3. The van der Waals surface area contributed by atoms with Crippen molar-refractivity contribution < 1.29 is 117 Å². The van der Waals surface area contributed by atoms with Gasteiger partial charge in [-0.05, 0) is 377 Å². The van der Waals surface area contributed by atoms with Gasteiger partial charge >= 0.3 is 5.97 Å². The number of aliphatic hydroxyl groups excluding tert-OH is 7. The molecule has 0 aromatic heterocycles. The number of carbonyl (C=O) groups is 5. The molecule has 0 radical (unpaired) electrons. The number of rotatable bonds is 4. The summed E-state index contributed by atoms with van der Waals surface area (Å²) >= 11 is 0. The van der Waals surface area contributed by atoms with Gasteiger partial charge in [0, 0.05) is 94.7 Å². The molecule has 796 valence electrons. The Balaban J connectivity index is 0.0000000926. The Morgan fingerprint density at radius 2 is 0.692 bits per heavy atom. The average molecular weight is 1990 g/mol. The third kappa shape index (κ3) is 14.4. The highest BCUT2D eigenvalue weighted by Crippen LogP contribution is 2.77. The van der Waals surface area contributed by atoms with Crippen LogP contribution in [0.25, 0.3) is 0 Å². The van der Waals surface area contributed by atoms with Crippen LogP contribution in [0.5, 0.6) is 0 Å². The molecule has 7 aliphatic heterocycles. The number of hydrogen-bond donors (Lipinski definition) is 7. The van der Waals surface area contributed by atoms with Crippen LogP contribution in [0.2, 0.25) is 0 Å². The number of carbonyl (C=O) groups excluding carboxylic acids is 5. The molecule has 0 amide bonds. The van der Waals surface area contributed by atoms with E-state index in [2.05, 4.69) is 95.2 Å². The second kappa shape index (κ2) is 35.3. The van der Waals surface area contributed by atoms with Gasteiger partial charge in [-0.25, -0.2) is 0 Å². The van der Waals surface area contributed by atoms with E-state index >= 15 is 0 Å². The van der Waals surface area contributed by atoms with Crippen molar-refractivity contribution in [1.29, 1.82) is 0 Å². The van der Waals surface area contributed by atoms with Gasteiger partial charge in [0.05, 0.1) is 48.6 Å². The molecule has 42 atom stereocenters. The van der Waals surface area contributed by atoms with Gasteiger partial charge in [-0.2, -0.15) is 0 Å². The molecule has 24 heteroatoms. The second-order valence-corrected chi connectivity index (χ2v) is 56.2. The fraction of sp³-hybridized carbons (Fsp3) is 0.908. The topological polar surface area (TPSA) is 338 Å². The first-order chi connectivity index (χ1) is 68.0. The minimum Gasteiger partial charge on any atom is -0.462 e. The number of Topliss-reactive ketones (excluding diaryl/α,β-unsaturated/α-hetero) is 1. The summed E-state index contributed by atoms with van der Waals surface area (Å²) in [5.41, 5.74) is 4.85. The Labute approximate surface area is 849 Å². The summed E-state index contributed by atoms with van der Waals surface area (Å²) in [6.07, 6.45) is 50.8. The van der Waals surface area contributed by atoms with Crippen molar-refractivity contribution >= 4 is 30.1 Å². The first-order valence-electron chi connectivity index (χ1n) is 58.1. The lowest BCUT2D eigenvalue weighted by Gasteiger charge is -2.64. The van der Waals surface area contributed by atoms with Crippen molar-refractivity contribution in [2.45, 2.75) is 450 Å². The zero-order chi connectivity index (χ0) is 100.0. The van der Waals surface area contributed by atoms with Crippen LogP contribution in [0.4, 0.5) is 0 Å². The number of ether oxygens (including phenoxy) is 12. The minimum atomic E-state index is -0.733. The van der Waals surface area contributed by atoms with Crippen LogP contribution in [0.3, 0.4) is 0 Å². The Hall–Kier alpha value is -3.35. The highest BCUT2D eigenvalue weighted by molar-refractivity contribution is 5.94. The molecule has 7 N–H and O–H groups in total. The minimum absolute atomic E-state index is 0.00317. The van der Waals surface area contributed by atoms with Crippen LogP contribution in [-0.2, 0) is 80.8 Å². The SMILES string of the molecule is C[C@]1([C@H]2CC[C@@]3(C)[C@@H](CCC34OCO4)[C@@H]2C=O)CC[C@H]2C[C@@H]1C(=O)O2.C[C@]1([C@H]2CC[C@@]3(C)[C@@H](CCC34OCO4)[C@@H]2C=O)CC[C@H]2C[C@@H]1C(O)O2.C[C@]12CC[C@H](O)CC1=CC(=O)[C@@H]1[C@@H]2CC[C@@]2(C)[C@H]1CCC21OCO1.C[C@]12CC[C@H](O)CC1=CC[C@@H]1[C@@H]2CC[C@@]2(C)[C@H]1CCC21OCO1.C[C@]12CC[C@H](O)CC1=CC[C@@H]1[C@@H]2CC[C@]2(C)C(=O)CC[C@@H]12.C[C@]12CC[C@H](O)C[C@@H]1[C@@H](O)[C@H](O)[C@@H]1[C@@H]2CC[C@@]2(C)[C@H]1CCC21OCO1. The Morgan fingerprint density at radius 1 is 0.315 bits per heavy atom. The second-order valence-electron chi connectivity index (χ2n) is 56.2. The van der Waals surface area contributed by atoms with Gasteiger partial charge in [-0.1, -0.05) is 112 Å². The maximum atomic E-state index is 13.1.